The number of sulfonamides is 1. The molecule has 20 heavy (non-hydrogen) atoms. The zero-order valence-corrected chi connectivity index (χ0v) is 13.0. The van der Waals surface area contributed by atoms with Crippen LogP contribution in [0.25, 0.3) is 0 Å². The summed E-state index contributed by atoms with van der Waals surface area (Å²) >= 11 is 0. The van der Waals surface area contributed by atoms with E-state index in [1.54, 1.807) is 0 Å². The second-order valence-corrected chi connectivity index (χ2v) is 6.56. The first-order valence-corrected chi connectivity index (χ1v) is 7.92. The molecule has 1 aromatic rings. The number of imidazole rings is 1. The summed E-state index contributed by atoms with van der Waals surface area (Å²) in [5.41, 5.74) is 0. The van der Waals surface area contributed by atoms with E-state index >= 15 is 0 Å². The first-order chi connectivity index (χ1) is 9.30. The Hall–Kier alpha value is -1.41. The molecule has 8 heteroatoms. The number of hydrogen-bond acceptors (Lipinski definition) is 5. The van der Waals surface area contributed by atoms with Gasteiger partial charge < -0.3 is 9.72 Å². The van der Waals surface area contributed by atoms with Crippen LogP contribution in [0.5, 0.6) is 0 Å². The van der Waals surface area contributed by atoms with Crippen molar-refractivity contribution in [2.75, 3.05) is 7.11 Å². The molecule has 0 saturated heterocycles. The molecular formula is C12H21N3O4S. The molecule has 1 atom stereocenters. The van der Waals surface area contributed by atoms with E-state index in [4.69, 9.17) is 0 Å². The van der Waals surface area contributed by atoms with E-state index < -0.39 is 22.0 Å². The van der Waals surface area contributed by atoms with Crippen molar-refractivity contribution < 1.29 is 17.9 Å². The summed E-state index contributed by atoms with van der Waals surface area (Å²) in [7, 11) is -2.59. The van der Waals surface area contributed by atoms with Crippen LogP contribution in [0.4, 0.5) is 0 Å². The third-order valence-electron chi connectivity index (χ3n) is 2.72. The van der Waals surface area contributed by atoms with Gasteiger partial charge in [-0.15, -0.1) is 0 Å². The third-order valence-corrected chi connectivity index (χ3v) is 4.10. The van der Waals surface area contributed by atoms with Gasteiger partial charge in [0.2, 0.25) is 0 Å². The van der Waals surface area contributed by atoms with Crippen LogP contribution in [0.3, 0.4) is 0 Å². The van der Waals surface area contributed by atoms with E-state index in [0.29, 0.717) is 18.7 Å². The molecule has 0 aliphatic rings. The van der Waals surface area contributed by atoms with Crippen LogP contribution in [-0.2, 0) is 26.0 Å². The van der Waals surface area contributed by atoms with Gasteiger partial charge in [0.15, 0.2) is 5.03 Å². The fraction of sp³-hybridized carbons (Fsp3) is 0.667. The van der Waals surface area contributed by atoms with Gasteiger partial charge in [-0.25, -0.2) is 13.4 Å². The van der Waals surface area contributed by atoms with E-state index in [9.17, 15) is 13.2 Å². The predicted octanol–water partition coefficient (Wildman–Crippen LogP) is 0.838. The van der Waals surface area contributed by atoms with Gasteiger partial charge in [0.05, 0.1) is 13.3 Å². The third kappa shape index (κ3) is 4.31. The topological polar surface area (TPSA) is 101 Å². The summed E-state index contributed by atoms with van der Waals surface area (Å²) in [4.78, 5) is 18.3. The fourth-order valence-electron chi connectivity index (χ4n) is 1.72. The summed E-state index contributed by atoms with van der Waals surface area (Å²) < 4.78 is 31.4. The van der Waals surface area contributed by atoms with Crippen LogP contribution in [0, 0.1) is 5.92 Å². The Morgan fingerprint density at radius 1 is 1.50 bits per heavy atom. The van der Waals surface area contributed by atoms with Crippen molar-refractivity contribution in [3.05, 3.63) is 12.0 Å². The van der Waals surface area contributed by atoms with Gasteiger partial charge in [-0.05, 0) is 12.3 Å². The molecule has 1 heterocycles. The van der Waals surface area contributed by atoms with Crippen molar-refractivity contribution in [2.24, 2.45) is 5.92 Å². The molecule has 0 fully saturated rings. The van der Waals surface area contributed by atoms with Gasteiger partial charge in [-0.2, -0.15) is 4.72 Å². The predicted molar refractivity (Wildman–Crippen MR) is 73.5 cm³/mol. The summed E-state index contributed by atoms with van der Waals surface area (Å²) in [5, 5.41) is -0.0491. The highest BCUT2D eigenvalue weighted by Crippen LogP contribution is 2.11. The zero-order chi connectivity index (χ0) is 15.3. The average molecular weight is 303 g/mol. The molecule has 0 spiro atoms. The van der Waals surface area contributed by atoms with Gasteiger partial charge in [-0.1, -0.05) is 20.8 Å². The Kier molecular flexibility index (Phi) is 5.70. The van der Waals surface area contributed by atoms with Crippen molar-refractivity contribution in [2.45, 2.75) is 44.7 Å². The Morgan fingerprint density at radius 3 is 2.60 bits per heavy atom. The van der Waals surface area contributed by atoms with Crippen molar-refractivity contribution in [1.82, 2.24) is 14.7 Å². The van der Waals surface area contributed by atoms with Gasteiger partial charge in [-0.3, -0.25) is 4.79 Å². The molecule has 0 amide bonds. The Bertz CT molecular complexity index is 551. The molecule has 0 saturated carbocycles. The minimum absolute atomic E-state index is 0.0491. The number of nitrogens with zero attached hydrogens (tertiary/aromatic N) is 1. The highest BCUT2D eigenvalue weighted by atomic mass is 32.2. The van der Waals surface area contributed by atoms with Gasteiger partial charge in [0, 0.05) is 6.42 Å². The van der Waals surface area contributed by atoms with Crippen molar-refractivity contribution in [3.63, 3.8) is 0 Å². The van der Waals surface area contributed by atoms with E-state index in [2.05, 4.69) is 19.4 Å². The molecule has 1 aromatic heterocycles. The first-order valence-electron chi connectivity index (χ1n) is 6.44. The van der Waals surface area contributed by atoms with Crippen molar-refractivity contribution in [3.8, 4) is 0 Å². The number of aromatic amines is 1. The molecule has 0 aliphatic heterocycles. The SMILES string of the molecule is CCc1ncc(S(=O)(=O)NC(CC(C)C)C(=O)OC)[nH]1. The van der Waals surface area contributed by atoms with Crippen LogP contribution in [0.1, 0.15) is 33.0 Å². The molecule has 1 unspecified atom stereocenters. The average Bonchev–Trinajstić information content (AvgIpc) is 2.85. The number of aromatic nitrogens is 2. The summed E-state index contributed by atoms with van der Waals surface area (Å²) in [6.45, 7) is 5.66. The number of carbonyl (C=O) groups is 1. The number of hydrogen-bond donors (Lipinski definition) is 2. The quantitative estimate of drug-likeness (QED) is 0.727. The second-order valence-electron chi connectivity index (χ2n) is 4.87. The molecule has 0 aromatic carbocycles. The van der Waals surface area contributed by atoms with Crippen LogP contribution in [0.15, 0.2) is 11.2 Å². The molecule has 0 bridgehead atoms. The van der Waals surface area contributed by atoms with Gasteiger partial charge >= 0.3 is 5.97 Å². The van der Waals surface area contributed by atoms with E-state index in [1.807, 2.05) is 20.8 Å². The van der Waals surface area contributed by atoms with Crippen LogP contribution >= 0.6 is 0 Å². The van der Waals surface area contributed by atoms with Crippen LogP contribution < -0.4 is 4.72 Å². The summed E-state index contributed by atoms with van der Waals surface area (Å²) in [6.07, 6.45) is 2.20. The fourth-order valence-corrected chi connectivity index (χ4v) is 2.85. The normalized spacial score (nSPS) is 13.4. The number of methoxy groups -OCH3 is 1. The van der Waals surface area contributed by atoms with E-state index in [-0.39, 0.29) is 10.9 Å². The number of aryl methyl sites for hydroxylation is 1. The highest BCUT2D eigenvalue weighted by Gasteiger charge is 2.28. The Morgan fingerprint density at radius 2 is 2.15 bits per heavy atom. The number of esters is 1. The zero-order valence-electron chi connectivity index (χ0n) is 12.1. The Balaban J connectivity index is 2.93. The number of rotatable bonds is 7. The maximum atomic E-state index is 12.2. The van der Waals surface area contributed by atoms with Crippen LogP contribution in [0.2, 0.25) is 0 Å². The van der Waals surface area contributed by atoms with Crippen molar-refractivity contribution >= 4 is 16.0 Å². The molecule has 7 nitrogen and oxygen atoms in total. The smallest absolute Gasteiger partial charge is 0.323 e. The molecule has 1 rings (SSSR count). The summed E-state index contributed by atoms with van der Waals surface area (Å²) in [6, 6.07) is -0.904. The number of nitrogens with one attached hydrogen (secondary N) is 2. The lowest BCUT2D eigenvalue weighted by atomic mass is 10.1. The maximum Gasteiger partial charge on any atom is 0.323 e. The maximum absolute atomic E-state index is 12.2. The lowest BCUT2D eigenvalue weighted by Crippen LogP contribution is -2.42. The lowest BCUT2D eigenvalue weighted by Gasteiger charge is -2.17. The minimum Gasteiger partial charge on any atom is -0.468 e. The summed E-state index contributed by atoms with van der Waals surface area (Å²) in [5.74, 6) is 0.121. The minimum atomic E-state index is -3.82. The molecule has 114 valence electrons. The number of H-pyrrole nitrogens is 1. The van der Waals surface area contributed by atoms with Gasteiger partial charge in [0.1, 0.15) is 11.9 Å². The monoisotopic (exact) mass is 303 g/mol. The van der Waals surface area contributed by atoms with E-state index in [0.717, 1.165) is 0 Å². The molecular weight excluding hydrogens is 282 g/mol. The van der Waals surface area contributed by atoms with Crippen LogP contribution in [-0.4, -0.2) is 37.5 Å². The Labute approximate surface area is 119 Å². The molecule has 0 aliphatic carbocycles. The number of ether oxygens (including phenoxy) is 1. The van der Waals surface area contributed by atoms with E-state index in [1.165, 1.54) is 13.3 Å². The number of carbonyl (C=O) groups excluding carboxylic acids is 1. The first kappa shape index (κ1) is 16.6. The van der Waals surface area contributed by atoms with Crippen molar-refractivity contribution in [1.29, 1.82) is 0 Å². The van der Waals surface area contributed by atoms with Gasteiger partial charge in [0.25, 0.3) is 10.0 Å². The standard InChI is InChI=1S/C12H21N3O4S/c1-5-10-13-7-11(14-10)20(17,18)15-9(6-8(2)3)12(16)19-4/h7-9,15H,5-6H2,1-4H3,(H,13,14). The largest absolute Gasteiger partial charge is 0.468 e. The lowest BCUT2D eigenvalue weighted by molar-refractivity contribution is -0.143. The molecule has 0 radical (unpaired) electrons. The highest BCUT2D eigenvalue weighted by molar-refractivity contribution is 7.89. The molecule has 2 N–H and O–H groups in total. The second kappa shape index (κ2) is 6.85.